The summed E-state index contributed by atoms with van der Waals surface area (Å²) in [5, 5.41) is 14.8. The number of aromatic nitrogens is 1. The first kappa shape index (κ1) is 12.8. The van der Waals surface area contributed by atoms with Crippen molar-refractivity contribution in [2.24, 2.45) is 0 Å². The molecule has 18 heavy (non-hydrogen) atoms. The molecule has 0 aliphatic rings. The molecular formula is C14H18N2O2. The second-order valence-corrected chi connectivity index (χ2v) is 4.19. The lowest BCUT2D eigenvalue weighted by Gasteiger charge is -2.17. The summed E-state index contributed by atoms with van der Waals surface area (Å²) in [5.74, 6) is 0.809. The van der Waals surface area contributed by atoms with Crippen LogP contribution in [0.25, 0.3) is 10.8 Å². The quantitative estimate of drug-likeness (QED) is 0.819. The maximum absolute atomic E-state index is 9.34. The van der Waals surface area contributed by atoms with Crippen molar-refractivity contribution >= 4 is 16.6 Å². The third kappa shape index (κ3) is 2.97. The first-order valence-corrected chi connectivity index (χ1v) is 6.05. The highest BCUT2D eigenvalue weighted by Crippen LogP contribution is 2.21. The molecule has 0 saturated heterocycles. The largest absolute Gasteiger partial charge is 0.394 e. The Bertz CT molecular complexity index is 497. The van der Waals surface area contributed by atoms with E-state index in [-0.39, 0.29) is 12.6 Å². The van der Waals surface area contributed by atoms with Gasteiger partial charge in [-0.05, 0) is 17.9 Å². The number of hydrogen-bond donors (Lipinski definition) is 2. The molecule has 0 aliphatic heterocycles. The van der Waals surface area contributed by atoms with Crippen LogP contribution in [-0.2, 0) is 4.74 Å². The van der Waals surface area contributed by atoms with Gasteiger partial charge in [0.25, 0.3) is 0 Å². The Morgan fingerprint density at radius 2 is 2.17 bits per heavy atom. The van der Waals surface area contributed by atoms with Gasteiger partial charge in [-0.25, -0.2) is 4.98 Å². The van der Waals surface area contributed by atoms with Crippen molar-refractivity contribution in [3.63, 3.8) is 0 Å². The van der Waals surface area contributed by atoms with Crippen LogP contribution in [0.5, 0.6) is 0 Å². The predicted octanol–water partition coefficient (Wildman–Crippen LogP) is 2.04. The molecule has 2 rings (SSSR count). The van der Waals surface area contributed by atoms with Crippen LogP contribution in [0.4, 0.5) is 5.82 Å². The molecule has 1 aromatic carbocycles. The minimum Gasteiger partial charge on any atom is -0.394 e. The summed E-state index contributed by atoms with van der Waals surface area (Å²) in [4.78, 5) is 4.34. The molecule has 96 valence electrons. The number of ether oxygens (including phenoxy) is 1. The number of hydrogen-bond acceptors (Lipinski definition) is 4. The number of rotatable bonds is 6. The van der Waals surface area contributed by atoms with Gasteiger partial charge in [0.2, 0.25) is 0 Å². The van der Waals surface area contributed by atoms with Crippen LogP contribution >= 0.6 is 0 Å². The fourth-order valence-electron chi connectivity index (χ4n) is 1.90. The van der Waals surface area contributed by atoms with Crippen molar-refractivity contribution < 1.29 is 9.84 Å². The third-order valence-electron chi connectivity index (χ3n) is 2.91. The minimum atomic E-state index is -0.0387. The molecule has 4 heteroatoms. The standard InChI is InChI=1S/C14H18N2O2/c1-18-9-7-12(10-17)16-14-13-5-3-2-4-11(13)6-8-15-14/h2-6,8,12,17H,7,9-10H2,1H3,(H,15,16). The number of anilines is 1. The van der Waals surface area contributed by atoms with Gasteiger partial charge in [0, 0.05) is 25.3 Å². The zero-order valence-corrected chi connectivity index (χ0v) is 10.5. The molecule has 0 radical (unpaired) electrons. The van der Waals surface area contributed by atoms with E-state index in [2.05, 4.69) is 10.3 Å². The van der Waals surface area contributed by atoms with Crippen molar-refractivity contribution in [2.75, 3.05) is 25.6 Å². The number of nitrogens with one attached hydrogen (secondary N) is 1. The van der Waals surface area contributed by atoms with Gasteiger partial charge in [0.1, 0.15) is 5.82 Å². The van der Waals surface area contributed by atoms with Gasteiger partial charge in [-0.3, -0.25) is 0 Å². The number of pyridine rings is 1. The second kappa shape index (κ2) is 6.33. The Morgan fingerprint density at radius 3 is 2.94 bits per heavy atom. The van der Waals surface area contributed by atoms with Crippen molar-refractivity contribution in [1.29, 1.82) is 0 Å². The summed E-state index contributed by atoms with van der Waals surface area (Å²) >= 11 is 0. The van der Waals surface area contributed by atoms with Crippen molar-refractivity contribution in [2.45, 2.75) is 12.5 Å². The van der Waals surface area contributed by atoms with Gasteiger partial charge < -0.3 is 15.2 Å². The molecule has 2 N–H and O–H groups in total. The highest BCUT2D eigenvalue weighted by atomic mass is 16.5. The molecule has 1 heterocycles. The average molecular weight is 246 g/mol. The van der Waals surface area contributed by atoms with Gasteiger partial charge in [-0.1, -0.05) is 24.3 Å². The van der Waals surface area contributed by atoms with E-state index in [1.54, 1.807) is 13.3 Å². The highest BCUT2D eigenvalue weighted by Gasteiger charge is 2.09. The minimum absolute atomic E-state index is 0.0387. The van der Waals surface area contributed by atoms with Gasteiger partial charge in [0.05, 0.1) is 12.6 Å². The molecule has 0 aliphatic carbocycles. The van der Waals surface area contributed by atoms with Crippen LogP contribution in [0.15, 0.2) is 36.5 Å². The molecule has 1 unspecified atom stereocenters. The highest BCUT2D eigenvalue weighted by molar-refractivity contribution is 5.91. The maximum Gasteiger partial charge on any atom is 0.134 e. The zero-order valence-electron chi connectivity index (χ0n) is 10.5. The molecule has 0 amide bonds. The number of aliphatic hydroxyl groups is 1. The Balaban J connectivity index is 2.19. The zero-order chi connectivity index (χ0) is 12.8. The Morgan fingerprint density at radius 1 is 1.33 bits per heavy atom. The van der Waals surface area contributed by atoms with Crippen molar-refractivity contribution in [3.05, 3.63) is 36.5 Å². The first-order valence-electron chi connectivity index (χ1n) is 6.05. The number of benzene rings is 1. The number of aliphatic hydroxyl groups excluding tert-OH is 1. The average Bonchev–Trinajstić information content (AvgIpc) is 2.43. The monoisotopic (exact) mass is 246 g/mol. The van der Waals surface area contributed by atoms with Crippen molar-refractivity contribution in [1.82, 2.24) is 4.98 Å². The maximum atomic E-state index is 9.34. The van der Waals surface area contributed by atoms with Gasteiger partial charge in [0.15, 0.2) is 0 Å². The van der Waals surface area contributed by atoms with Crippen LogP contribution in [0, 0.1) is 0 Å². The summed E-state index contributed by atoms with van der Waals surface area (Å²) in [6.07, 6.45) is 2.52. The molecule has 1 atom stereocenters. The van der Waals surface area contributed by atoms with Crippen molar-refractivity contribution in [3.8, 4) is 0 Å². The molecule has 1 aromatic heterocycles. The summed E-state index contributed by atoms with van der Waals surface area (Å²) < 4.78 is 5.03. The fraction of sp³-hybridized carbons (Fsp3) is 0.357. The van der Waals surface area contributed by atoms with Crippen LogP contribution in [-0.4, -0.2) is 36.5 Å². The van der Waals surface area contributed by atoms with Crippen LogP contribution in [0.3, 0.4) is 0 Å². The number of methoxy groups -OCH3 is 1. The van der Waals surface area contributed by atoms with E-state index in [1.165, 1.54) is 0 Å². The molecular weight excluding hydrogens is 228 g/mol. The second-order valence-electron chi connectivity index (χ2n) is 4.19. The van der Waals surface area contributed by atoms with Crippen LogP contribution < -0.4 is 5.32 Å². The van der Waals surface area contributed by atoms with E-state index in [1.807, 2.05) is 30.3 Å². The number of fused-ring (bicyclic) bond motifs is 1. The molecule has 0 spiro atoms. The van der Waals surface area contributed by atoms with Gasteiger partial charge in [-0.15, -0.1) is 0 Å². The molecule has 4 nitrogen and oxygen atoms in total. The van der Waals surface area contributed by atoms with Gasteiger partial charge >= 0.3 is 0 Å². The molecule has 2 aromatic rings. The van der Waals surface area contributed by atoms with E-state index >= 15 is 0 Å². The SMILES string of the molecule is COCCC(CO)Nc1nccc2ccccc12. The van der Waals surface area contributed by atoms with Crippen LogP contribution in [0.2, 0.25) is 0 Å². The molecule has 0 fully saturated rings. The lowest BCUT2D eigenvalue weighted by Crippen LogP contribution is -2.25. The third-order valence-corrected chi connectivity index (χ3v) is 2.91. The van der Waals surface area contributed by atoms with E-state index in [4.69, 9.17) is 4.74 Å². The van der Waals surface area contributed by atoms with E-state index in [9.17, 15) is 5.11 Å². The predicted molar refractivity (Wildman–Crippen MR) is 72.7 cm³/mol. The normalized spacial score (nSPS) is 12.6. The summed E-state index contributed by atoms with van der Waals surface area (Å²) in [7, 11) is 1.66. The van der Waals surface area contributed by atoms with Gasteiger partial charge in [-0.2, -0.15) is 0 Å². The van der Waals surface area contributed by atoms with E-state index in [0.717, 1.165) is 23.0 Å². The number of nitrogens with zero attached hydrogens (tertiary/aromatic N) is 1. The molecule has 0 bridgehead atoms. The lowest BCUT2D eigenvalue weighted by atomic mass is 10.1. The first-order chi connectivity index (χ1) is 8.85. The summed E-state index contributed by atoms with van der Waals surface area (Å²) in [6.45, 7) is 0.678. The summed E-state index contributed by atoms with van der Waals surface area (Å²) in [6, 6.07) is 9.99. The lowest BCUT2D eigenvalue weighted by molar-refractivity contribution is 0.174. The van der Waals surface area contributed by atoms with E-state index in [0.29, 0.717) is 6.61 Å². The fourth-order valence-corrected chi connectivity index (χ4v) is 1.90. The Kier molecular flexibility index (Phi) is 4.50. The smallest absolute Gasteiger partial charge is 0.134 e. The Hall–Kier alpha value is -1.65. The summed E-state index contributed by atoms with van der Waals surface area (Å²) in [5.41, 5.74) is 0. The Labute approximate surface area is 107 Å². The molecule has 0 saturated carbocycles. The van der Waals surface area contributed by atoms with E-state index < -0.39 is 0 Å². The topological polar surface area (TPSA) is 54.4 Å². The van der Waals surface area contributed by atoms with Crippen LogP contribution in [0.1, 0.15) is 6.42 Å².